The summed E-state index contributed by atoms with van der Waals surface area (Å²) in [5.41, 5.74) is 1.99. The molecule has 0 bridgehead atoms. The highest BCUT2D eigenvalue weighted by molar-refractivity contribution is 5.79. The predicted octanol–water partition coefficient (Wildman–Crippen LogP) is 2.31. The van der Waals surface area contributed by atoms with E-state index in [9.17, 15) is 0 Å². The molecule has 0 aliphatic heterocycles. The highest BCUT2D eigenvalue weighted by Crippen LogP contribution is 2.18. The van der Waals surface area contributed by atoms with Gasteiger partial charge in [-0.25, -0.2) is 4.98 Å². The molecule has 0 saturated carbocycles. The van der Waals surface area contributed by atoms with Gasteiger partial charge in [0, 0.05) is 32.3 Å². The van der Waals surface area contributed by atoms with Crippen LogP contribution in [0.15, 0.2) is 47.5 Å². The number of hydrogen-bond donors (Lipinski definition) is 1. The molecule has 1 heterocycles. The Morgan fingerprint density at radius 3 is 2.62 bits per heavy atom. The largest absolute Gasteiger partial charge is 0.496 e. The first-order valence-corrected chi connectivity index (χ1v) is 7.71. The van der Waals surface area contributed by atoms with Crippen LogP contribution in [-0.2, 0) is 13.1 Å². The van der Waals surface area contributed by atoms with Gasteiger partial charge in [0.2, 0.25) is 5.88 Å². The molecule has 0 amide bonds. The maximum atomic E-state index is 5.40. The Balaban J connectivity index is 2.00. The van der Waals surface area contributed by atoms with Crippen molar-refractivity contribution in [1.82, 2.24) is 15.2 Å². The van der Waals surface area contributed by atoms with Gasteiger partial charge in [-0.3, -0.25) is 4.99 Å². The van der Waals surface area contributed by atoms with Gasteiger partial charge in [0.25, 0.3) is 0 Å². The Kier molecular flexibility index (Phi) is 6.42. The van der Waals surface area contributed by atoms with Gasteiger partial charge in [-0.1, -0.05) is 24.3 Å². The molecule has 1 aromatic heterocycles. The van der Waals surface area contributed by atoms with Crippen LogP contribution < -0.4 is 14.8 Å². The van der Waals surface area contributed by atoms with E-state index in [0.29, 0.717) is 19.0 Å². The third kappa shape index (κ3) is 4.62. The summed E-state index contributed by atoms with van der Waals surface area (Å²) in [4.78, 5) is 10.8. The minimum atomic E-state index is 0.570. The number of guanidine groups is 1. The average molecular weight is 328 g/mol. The number of methoxy groups -OCH3 is 2. The number of nitrogens with zero attached hydrogens (tertiary/aromatic N) is 3. The van der Waals surface area contributed by atoms with Crippen molar-refractivity contribution in [3.8, 4) is 11.6 Å². The van der Waals surface area contributed by atoms with E-state index in [0.717, 1.165) is 23.0 Å². The Morgan fingerprint density at radius 2 is 1.92 bits per heavy atom. The summed E-state index contributed by atoms with van der Waals surface area (Å²) in [6.45, 7) is 1.26. The van der Waals surface area contributed by atoms with Crippen LogP contribution in [-0.4, -0.2) is 44.2 Å². The number of rotatable bonds is 6. The first-order chi connectivity index (χ1) is 11.7. The molecular formula is C18H24N4O2. The van der Waals surface area contributed by atoms with Crippen LogP contribution in [0.4, 0.5) is 0 Å². The third-order valence-electron chi connectivity index (χ3n) is 3.59. The zero-order valence-electron chi connectivity index (χ0n) is 14.6. The van der Waals surface area contributed by atoms with E-state index in [2.05, 4.69) is 15.3 Å². The number of hydrogen-bond acceptors (Lipinski definition) is 4. The molecule has 1 aromatic carbocycles. The van der Waals surface area contributed by atoms with Crippen molar-refractivity contribution in [2.45, 2.75) is 13.1 Å². The van der Waals surface area contributed by atoms with Crippen LogP contribution in [0.5, 0.6) is 11.6 Å². The molecule has 0 radical (unpaired) electrons. The number of benzene rings is 1. The van der Waals surface area contributed by atoms with Crippen molar-refractivity contribution in [3.63, 3.8) is 0 Å². The zero-order chi connectivity index (χ0) is 17.4. The van der Waals surface area contributed by atoms with Crippen LogP contribution in [0, 0.1) is 0 Å². The van der Waals surface area contributed by atoms with Gasteiger partial charge in [0.15, 0.2) is 5.96 Å². The van der Waals surface area contributed by atoms with Gasteiger partial charge in [-0.05, 0) is 12.1 Å². The average Bonchev–Trinajstić information content (AvgIpc) is 2.63. The number of aliphatic imine (C=N–C) groups is 1. The summed E-state index contributed by atoms with van der Waals surface area (Å²) < 4.78 is 10.6. The van der Waals surface area contributed by atoms with E-state index < -0.39 is 0 Å². The number of pyridine rings is 1. The summed E-state index contributed by atoms with van der Waals surface area (Å²) >= 11 is 0. The van der Waals surface area contributed by atoms with Crippen molar-refractivity contribution in [3.05, 3.63) is 53.7 Å². The van der Waals surface area contributed by atoms with Gasteiger partial charge in [-0.15, -0.1) is 0 Å². The molecule has 0 fully saturated rings. The predicted molar refractivity (Wildman–Crippen MR) is 95.4 cm³/mol. The first-order valence-electron chi connectivity index (χ1n) is 7.71. The van der Waals surface area contributed by atoms with Crippen molar-refractivity contribution in [2.75, 3.05) is 28.3 Å². The second-order valence-electron chi connectivity index (χ2n) is 5.24. The Labute approximate surface area is 143 Å². The minimum Gasteiger partial charge on any atom is -0.496 e. The molecule has 2 aromatic rings. The van der Waals surface area contributed by atoms with E-state index in [1.54, 1.807) is 21.3 Å². The minimum absolute atomic E-state index is 0.570. The van der Waals surface area contributed by atoms with Crippen LogP contribution in [0.3, 0.4) is 0 Å². The van der Waals surface area contributed by atoms with Crippen molar-refractivity contribution in [2.24, 2.45) is 4.99 Å². The van der Waals surface area contributed by atoms with Crippen LogP contribution in [0.1, 0.15) is 11.3 Å². The van der Waals surface area contributed by atoms with Gasteiger partial charge < -0.3 is 19.7 Å². The van der Waals surface area contributed by atoms with Crippen molar-refractivity contribution in [1.29, 1.82) is 0 Å². The molecule has 0 unspecified atom stereocenters. The van der Waals surface area contributed by atoms with Crippen molar-refractivity contribution >= 4 is 5.96 Å². The number of nitrogens with one attached hydrogen (secondary N) is 1. The molecule has 1 N–H and O–H groups in total. The van der Waals surface area contributed by atoms with E-state index in [-0.39, 0.29) is 0 Å². The second-order valence-corrected chi connectivity index (χ2v) is 5.24. The molecule has 0 spiro atoms. The Hall–Kier alpha value is -2.76. The maximum absolute atomic E-state index is 5.40. The van der Waals surface area contributed by atoms with Crippen LogP contribution in [0.25, 0.3) is 0 Å². The fourth-order valence-electron chi connectivity index (χ4n) is 2.39. The topological polar surface area (TPSA) is 59.0 Å². The summed E-state index contributed by atoms with van der Waals surface area (Å²) in [5, 5.41) is 3.31. The van der Waals surface area contributed by atoms with Gasteiger partial charge >= 0.3 is 0 Å². The van der Waals surface area contributed by atoms with E-state index in [1.165, 1.54) is 0 Å². The van der Waals surface area contributed by atoms with Gasteiger partial charge in [0.05, 0.1) is 26.5 Å². The smallest absolute Gasteiger partial charge is 0.213 e. The highest BCUT2D eigenvalue weighted by atomic mass is 16.5. The first kappa shape index (κ1) is 17.6. The standard InChI is InChI=1S/C18H24N4O2/c1-19-18(20-12-15-9-7-11-17(21-15)24-4)22(2)13-14-8-5-6-10-16(14)23-3/h5-11H,12-13H2,1-4H3,(H,19,20). The third-order valence-corrected chi connectivity index (χ3v) is 3.59. The second kappa shape index (κ2) is 8.76. The molecule has 6 heteroatoms. The molecule has 0 saturated heterocycles. The quantitative estimate of drug-likeness (QED) is 0.651. The number of para-hydroxylation sites is 1. The fourth-order valence-corrected chi connectivity index (χ4v) is 2.39. The van der Waals surface area contributed by atoms with Crippen LogP contribution >= 0.6 is 0 Å². The van der Waals surface area contributed by atoms with Crippen LogP contribution in [0.2, 0.25) is 0 Å². The van der Waals surface area contributed by atoms with Gasteiger partial charge in [-0.2, -0.15) is 0 Å². The molecule has 0 atom stereocenters. The van der Waals surface area contributed by atoms with E-state index in [1.807, 2.05) is 54.4 Å². The lowest BCUT2D eigenvalue weighted by Gasteiger charge is -2.23. The fraction of sp³-hybridized carbons (Fsp3) is 0.333. The normalized spacial score (nSPS) is 11.1. The molecule has 6 nitrogen and oxygen atoms in total. The molecule has 2 rings (SSSR count). The number of aromatic nitrogens is 1. The Bertz CT molecular complexity index is 688. The lowest BCUT2D eigenvalue weighted by Crippen LogP contribution is -2.38. The SMILES string of the molecule is CN=C(NCc1cccc(OC)n1)N(C)Cc1ccccc1OC. The molecule has 128 valence electrons. The molecule has 0 aliphatic carbocycles. The monoisotopic (exact) mass is 328 g/mol. The lowest BCUT2D eigenvalue weighted by molar-refractivity contribution is 0.394. The van der Waals surface area contributed by atoms with Gasteiger partial charge in [0.1, 0.15) is 5.75 Å². The summed E-state index contributed by atoms with van der Waals surface area (Å²) in [6, 6.07) is 13.7. The lowest BCUT2D eigenvalue weighted by atomic mass is 10.2. The highest BCUT2D eigenvalue weighted by Gasteiger charge is 2.10. The Morgan fingerprint density at radius 1 is 1.12 bits per heavy atom. The molecular weight excluding hydrogens is 304 g/mol. The molecule has 0 aliphatic rings. The zero-order valence-corrected chi connectivity index (χ0v) is 14.6. The summed E-state index contributed by atoms with van der Waals surface area (Å²) in [6.07, 6.45) is 0. The van der Waals surface area contributed by atoms with E-state index in [4.69, 9.17) is 9.47 Å². The van der Waals surface area contributed by atoms with Crippen molar-refractivity contribution < 1.29 is 9.47 Å². The summed E-state index contributed by atoms with van der Waals surface area (Å²) in [5.74, 6) is 2.26. The maximum Gasteiger partial charge on any atom is 0.213 e. The number of ether oxygens (including phenoxy) is 2. The molecule has 24 heavy (non-hydrogen) atoms. The summed E-state index contributed by atoms with van der Waals surface area (Å²) in [7, 11) is 7.04. The van der Waals surface area contributed by atoms with E-state index >= 15 is 0 Å².